The van der Waals surface area contributed by atoms with E-state index >= 15 is 0 Å². The normalized spacial score (nSPS) is 15.2. The quantitative estimate of drug-likeness (QED) is 0.794. The third kappa shape index (κ3) is 4.46. The van der Waals surface area contributed by atoms with Gasteiger partial charge in [-0.2, -0.15) is 4.98 Å². The summed E-state index contributed by atoms with van der Waals surface area (Å²) in [6, 6.07) is 0. The van der Waals surface area contributed by atoms with Gasteiger partial charge >= 0.3 is 0 Å². The van der Waals surface area contributed by atoms with E-state index in [1.165, 1.54) is 0 Å². The minimum Gasteiger partial charge on any atom is -0.339 e. The van der Waals surface area contributed by atoms with Crippen LogP contribution >= 0.6 is 0 Å². The molecule has 0 amide bonds. The largest absolute Gasteiger partial charge is 0.339 e. The predicted molar refractivity (Wildman–Crippen MR) is 68.7 cm³/mol. The van der Waals surface area contributed by atoms with Crippen molar-refractivity contribution in [1.82, 2.24) is 10.1 Å². The van der Waals surface area contributed by atoms with Gasteiger partial charge in [0.2, 0.25) is 5.89 Å². The van der Waals surface area contributed by atoms with Gasteiger partial charge in [-0.05, 0) is 31.2 Å². The minimum absolute atomic E-state index is 0.369. The van der Waals surface area contributed by atoms with Crippen LogP contribution in [0.4, 0.5) is 0 Å². The van der Waals surface area contributed by atoms with Gasteiger partial charge in [0.05, 0.1) is 0 Å². The van der Waals surface area contributed by atoms with Crippen LogP contribution in [-0.2, 0) is 6.42 Å². The van der Waals surface area contributed by atoms with E-state index in [4.69, 9.17) is 10.3 Å². The number of rotatable bonds is 7. The molecule has 0 aliphatic rings. The zero-order valence-corrected chi connectivity index (χ0v) is 11.4. The standard InChI is InChI=1S/C13H25N3O/c1-5-10(4)13-15-12(17-16-13)7-11(8-14)6-9(2)3/h9-11H,5-8,14H2,1-4H3/t10?,11-/m0/s1. The molecule has 0 fully saturated rings. The summed E-state index contributed by atoms with van der Waals surface area (Å²) in [5.41, 5.74) is 5.77. The highest BCUT2D eigenvalue weighted by Crippen LogP contribution is 2.18. The molecule has 0 saturated carbocycles. The first-order chi connectivity index (χ1) is 8.06. The molecule has 0 aromatic carbocycles. The zero-order valence-electron chi connectivity index (χ0n) is 11.4. The lowest BCUT2D eigenvalue weighted by Crippen LogP contribution is -2.19. The Bertz CT molecular complexity index is 322. The third-order valence-corrected chi connectivity index (χ3v) is 3.14. The van der Waals surface area contributed by atoms with E-state index in [2.05, 4.69) is 37.8 Å². The van der Waals surface area contributed by atoms with Crippen molar-refractivity contribution in [2.24, 2.45) is 17.6 Å². The Morgan fingerprint density at radius 3 is 2.53 bits per heavy atom. The molecule has 0 spiro atoms. The molecule has 0 radical (unpaired) electrons. The molecule has 2 N–H and O–H groups in total. The highest BCUT2D eigenvalue weighted by atomic mass is 16.5. The smallest absolute Gasteiger partial charge is 0.226 e. The molecule has 98 valence electrons. The van der Waals surface area contributed by atoms with E-state index in [1.807, 2.05) is 0 Å². The first-order valence-corrected chi connectivity index (χ1v) is 6.59. The SMILES string of the molecule is CCC(C)c1noc(C[C@@H](CN)CC(C)C)n1. The molecule has 17 heavy (non-hydrogen) atoms. The van der Waals surface area contributed by atoms with Crippen LogP contribution in [0.3, 0.4) is 0 Å². The Kier molecular flexibility index (Phi) is 5.62. The summed E-state index contributed by atoms with van der Waals surface area (Å²) < 4.78 is 5.28. The van der Waals surface area contributed by atoms with Gasteiger partial charge < -0.3 is 10.3 Å². The van der Waals surface area contributed by atoms with E-state index in [9.17, 15) is 0 Å². The molecule has 1 heterocycles. The van der Waals surface area contributed by atoms with Gasteiger partial charge in [0, 0.05) is 12.3 Å². The van der Waals surface area contributed by atoms with Gasteiger partial charge in [0.1, 0.15) is 0 Å². The predicted octanol–water partition coefficient (Wildman–Crippen LogP) is 2.75. The zero-order chi connectivity index (χ0) is 12.8. The number of nitrogens with two attached hydrogens (primary N) is 1. The Balaban J connectivity index is 2.58. The number of nitrogens with zero attached hydrogens (tertiary/aromatic N) is 2. The van der Waals surface area contributed by atoms with Crippen molar-refractivity contribution in [2.45, 2.75) is 52.9 Å². The summed E-state index contributed by atoms with van der Waals surface area (Å²) in [5.74, 6) is 3.02. The van der Waals surface area contributed by atoms with Crippen LogP contribution in [0.5, 0.6) is 0 Å². The fourth-order valence-electron chi connectivity index (χ4n) is 1.91. The van der Waals surface area contributed by atoms with Crippen molar-refractivity contribution >= 4 is 0 Å². The average Bonchev–Trinajstić information content (AvgIpc) is 2.75. The molecule has 1 aromatic heterocycles. The lowest BCUT2D eigenvalue weighted by atomic mass is 9.94. The van der Waals surface area contributed by atoms with Crippen molar-refractivity contribution in [2.75, 3.05) is 6.54 Å². The molecule has 4 heteroatoms. The Morgan fingerprint density at radius 2 is 2.00 bits per heavy atom. The second-order valence-electron chi connectivity index (χ2n) is 5.29. The molecule has 0 aliphatic heterocycles. The van der Waals surface area contributed by atoms with Crippen LogP contribution < -0.4 is 5.73 Å². The molecule has 4 nitrogen and oxygen atoms in total. The van der Waals surface area contributed by atoms with Crippen molar-refractivity contribution in [1.29, 1.82) is 0 Å². The summed E-state index contributed by atoms with van der Waals surface area (Å²) in [5, 5.41) is 4.03. The van der Waals surface area contributed by atoms with Crippen molar-refractivity contribution < 1.29 is 4.52 Å². The van der Waals surface area contributed by atoms with E-state index in [0.717, 1.165) is 31.0 Å². The van der Waals surface area contributed by atoms with E-state index in [0.29, 0.717) is 24.3 Å². The van der Waals surface area contributed by atoms with Crippen LogP contribution in [0.25, 0.3) is 0 Å². The van der Waals surface area contributed by atoms with E-state index < -0.39 is 0 Å². The van der Waals surface area contributed by atoms with Gasteiger partial charge in [-0.15, -0.1) is 0 Å². The third-order valence-electron chi connectivity index (χ3n) is 3.14. The second-order valence-corrected chi connectivity index (χ2v) is 5.29. The number of hydrogen-bond acceptors (Lipinski definition) is 4. The van der Waals surface area contributed by atoms with Gasteiger partial charge in [0.25, 0.3) is 0 Å². The minimum atomic E-state index is 0.369. The monoisotopic (exact) mass is 239 g/mol. The highest BCUT2D eigenvalue weighted by molar-refractivity contribution is 4.94. The van der Waals surface area contributed by atoms with E-state index in [-0.39, 0.29) is 0 Å². The van der Waals surface area contributed by atoms with Crippen LogP contribution in [0, 0.1) is 11.8 Å². The molecular weight excluding hydrogens is 214 g/mol. The van der Waals surface area contributed by atoms with Gasteiger partial charge in [-0.3, -0.25) is 0 Å². The lowest BCUT2D eigenvalue weighted by Gasteiger charge is -2.14. The van der Waals surface area contributed by atoms with Crippen LogP contribution in [0.15, 0.2) is 4.52 Å². The molecule has 1 unspecified atom stereocenters. The molecular formula is C13H25N3O. The van der Waals surface area contributed by atoms with Crippen molar-refractivity contribution in [3.63, 3.8) is 0 Å². The topological polar surface area (TPSA) is 64.9 Å². The van der Waals surface area contributed by atoms with E-state index in [1.54, 1.807) is 0 Å². The van der Waals surface area contributed by atoms with Crippen molar-refractivity contribution in [3.05, 3.63) is 11.7 Å². The first-order valence-electron chi connectivity index (χ1n) is 6.59. The maximum Gasteiger partial charge on any atom is 0.226 e. The molecule has 0 aliphatic carbocycles. The molecule has 0 bridgehead atoms. The summed E-state index contributed by atoms with van der Waals surface area (Å²) in [7, 11) is 0. The second kappa shape index (κ2) is 6.74. The molecule has 2 atom stereocenters. The maximum absolute atomic E-state index is 5.77. The van der Waals surface area contributed by atoms with Crippen LogP contribution in [-0.4, -0.2) is 16.7 Å². The van der Waals surface area contributed by atoms with Crippen molar-refractivity contribution in [3.8, 4) is 0 Å². The van der Waals surface area contributed by atoms with Gasteiger partial charge in [-0.1, -0.05) is 32.9 Å². The molecule has 1 rings (SSSR count). The molecule has 1 aromatic rings. The summed E-state index contributed by atoms with van der Waals surface area (Å²) in [4.78, 5) is 4.44. The Morgan fingerprint density at radius 1 is 1.29 bits per heavy atom. The number of hydrogen-bond donors (Lipinski definition) is 1. The first kappa shape index (κ1) is 14.2. The summed E-state index contributed by atoms with van der Waals surface area (Å²) in [6.45, 7) is 9.34. The average molecular weight is 239 g/mol. The maximum atomic E-state index is 5.77. The van der Waals surface area contributed by atoms with Crippen LogP contribution in [0.2, 0.25) is 0 Å². The fraction of sp³-hybridized carbons (Fsp3) is 0.846. The van der Waals surface area contributed by atoms with Gasteiger partial charge in [0.15, 0.2) is 5.82 Å². The summed E-state index contributed by atoms with van der Waals surface area (Å²) in [6.07, 6.45) is 2.95. The fourth-order valence-corrected chi connectivity index (χ4v) is 1.91. The Hall–Kier alpha value is -0.900. The van der Waals surface area contributed by atoms with Crippen LogP contribution in [0.1, 0.15) is 58.2 Å². The number of aromatic nitrogens is 2. The lowest BCUT2D eigenvalue weighted by molar-refractivity contribution is 0.328. The Labute approximate surface area is 104 Å². The van der Waals surface area contributed by atoms with Gasteiger partial charge in [-0.25, -0.2) is 0 Å². The molecule has 0 saturated heterocycles. The highest BCUT2D eigenvalue weighted by Gasteiger charge is 2.16. The summed E-state index contributed by atoms with van der Waals surface area (Å²) >= 11 is 0.